The number of sulfonamides is 1. The third-order valence-corrected chi connectivity index (χ3v) is 5.46. The van der Waals surface area contributed by atoms with Crippen LogP contribution in [0.25, 0.3) is 0 Å². The van der Waals surface area contributed by atoms with Crippen molar-refractivity contribution in [2.24, 2.45) is 0 Å². The Morgan fingerprint density at radius 2 is 1.70 bits per heavy atom. The Hall–Kier alpha value is -2.29. The summed E-state index contributed by atoms with van der Waals surface area (Å²) in [7, 11) is -0.694. The van der Waals surface area contributed by atoms with Crippen LogP contribution >= 0.6 is 11.6 Å². The summed E-state index contributed by atoms with van der Waals surface area (Å²) in [5.74, 6) is 0.244. The number of benzene rings is 2. The lowest BCUT2D eigenvalue weighted by Gasteiger charge is -2.12. The van der Waals surface area contributed by atoms with Crippen molar-refractivity contribution in [3.05, 3.63) is 47.0 Å². The van der Waals surface area contributed by atoms with E-state index in [1.807, 2.05) is 0 Å². The van der Waals surface area contributed by atoms with Crippen molar-refractivity contribution >= 4 is 33.2 Å². The SMILES string of the molecule is COc1cc(C(=O)Nc2ccc(S(=O)(=O)NC(C)C)cc2)cc(Cl)c1OC. The molecule has 2 aromatic rings. The Morgan fingerprint density at radius 3 is 2.22 bits per heavy atom. The second kappa shape index (κ2) is 8.60. The number of nitrogens with one attached hydrogen (secondary N) is 2. The number of hydrogen-bond acceptors (Lipinski definition) is 5. The standard InChI is InChI=1S/C18H21ClN2O5S/c1-11(2)21-27(23,24)14-7-5-13(6-8-14)20-18(22)12-9-15(19)17(26-4)16(10-12)25-3/h5-11,21H,1-4H3,(H,20,22). The molecule has 0 saturated carbocycles. The van der Waals surface area contributed by atoms with Gasteiger partial charge in [-0.05, 0) is 50.2 Å². The van der Waals surface area contributed by atoms with Gasteiger partial charge >= 0.3 is 0 Å². The summed E-state index contributed by atoms with van der Waals surface area (Å²) in [4.78, 5) is 12.6. The van der Waals surface area contributed by atoms with E-state index in [9.17, 15) is 13.2 Å². The fraction of sp³-hybridized carbons (Fsp3) is 0.278. The van der Waals surface area contributed by atoms with Gasteiger partial charge in [-0.15, -0.1) is 0 Å². The summed E-state index contributed by atoms with van der Waals surface area (Å²) < 4.78 is 37.1. The lowest BCUT2D eigenvalue weighted by molar-refractivity contribution is 0.102. The molecule has 0 bridgehead atoms. The van der Waals surface area contributed by atoms with Gasteiger partial charge in [-0.2, -0.15) is 0 Å². The van der Waals surface area contributed by atoms with Crippen LogP contribution in [-0.2, 0) is 10.0 Å². The topological polar surface area (TPSA) is 93.7 Å². The zero-order valence-corrected chi connectivity index (χ0v) is 16.9. The molecule has 0 atom stereocenters. The maximum absolute atomic E-state index is 12.5. The molecule has 0 fully saturated rings. The molecule has 2 N–H and O–H groups in total. The molecule has 0 saturated heterocycles. The average Bonchev–Trinajstić information content (AvgIpc) is 2.60. The van der Waals surface area contributed by atoms with E-state index in [0.29, 0.717) is 17.2 Å². The first kappa shape index (κ1) is 21.0. The zero-order chi connectivity index (χ0) is 20.2. The van der Waals surface area contributed by atoms with Crippen LogP contribution < -0.4 is 19.5 Å². The summed E-state index contributed by atoms with van der Waals surface area (Å²) in [6, 6.07) is 8.60. The van der Waals surface area contributed by atoms with Crippen LogP contribution in [0.2, 0.25) is 5.02 Å². The number of halogens is 1. The number of rotatable bonds is 7. The maximum Gasteiger partial charge on any atom is 0.255 e. The maximum atomic E-state index is 12.5. The van der Waals surface area contributed by atoms with Crippen molar-refractivity contribution in [3.63, 3.8) is 0 Å². The summed E-state index contributed by atoms with van der Waals surface area (Å²) in [5.41, 5.74) is 0.713. The van der Waals surface area contributed by atoms with E-state index in [2.05, 4.69) is 10.0 Å². The van der Waals surface area contributed by atoms with Crippen LogP contribution in [0, 0.1) is 0 Å². The van der Waals surface area contributed by atoms with Gasteiger partial charge in [0.1, 0.15) is 0 Å². The number of hydrogen-bond donors (Lipinski definition) is 2. The van der Waals surface area contributed by atoms with E-state index in [-0.39, 0.29) is 21.5 Å². The zero-order valence-electron chi connectivity index (χ0n) is 15.4. The normalized spacial score (nSPS) is 11.3. The first-order chi connectivity index (χ1) is 12.7. The van der Waals surface area contributed by atoms with E-state index < -0.39 is 15.9 Å². The number of carbonyl (C=O) groups is 1. The molecule has 0 aliphatic carbocycles. The number of methoxy groups -OCH3 is 2. The monoisotopic (exact) mass is 412 g/mol. The number of carbonyl (C=O) groups excluding carboxylic acids is 1. The average molecular weight is 413 g/mol. The Morgan fingerprint density at radius 1 is 1.07 bits per heavy atom. The van der Waals surface area contributed by atoms with Crippen LogP contribution in [0.5, 0.6) is 11.5 Å². The van der Waals surface area contributed by atoms with E-state index in [1.165, 1.54) is 50.6 Å². The molecule has 9 heteroatoms. The molecular weight excluding hydrogens is 392 g/mol. The van der Waals surface area contributed by atoms with E-state index >= 15 is 0 Å². The molecule has 7 nitrogen and oxygen atoms in total. The molecule has 2 aromatic carbocycles. The van der Waals surface area contributed by atoms with Gasteiger partial charge in [0.05, 0.1) is 24.1 Å². The first-order valence-electron chi connectivity index (χ1n) is 8.03. The molecule has 0 spiro atoms. The van der Waals surface area contributed by atoms with Crippen LogP contribution in [0.1, 0.15) is 24.2 Å². The van der Waals surface area contributed by atoms with Gasteiger partial charge in [0.25, 0.3) is 5.91 Å². The molecule has 0 heterocycles. The molecular formula is C18H21ClN2O5S. The first-order valence-corrected chi connectivity index (χ1v) is 9.89. The molecule has 0 aliphatic heterocycles. The van der Waals surface area contributed by atoms with E-state index in [0.717, 1.165) is 0 Å². The van der Waals surface area contributed by atoms with Gasteiger partial charge in [-0.1, -0.05) is 11.6 Å². The molecule has 0 radical (unpaired) electrons. The van der Waals surface area contributed by atoms with Gasteiger partial charge in [0.2, 0.25) is 10.0 Å². The van der Waals surface area contributed by atoms with E-state index in [4.69, 9.17) is 21.1 Å². The van der Waals surface area contributed by atoms with Crippen molar-refractivity contribution < 1.29 is 22.7 Å². The van der Waals surface area contributed by atoms with Crippen molar-refractivity contribution in [2.45, 2.75) is 24.8 Å². The smallest absolute Gasteiger partial charge is 0.255 e. The van der Waals surface area contributed by atoms with Gasteiger partial charge in [-0.25, -0.2) is 13.1 Å². The molecule has 1 amide bonds. The van der Waals surface area contributed by atoms with Crippen molar-refractivity contribution in [3.8, 4) is 11.5 Å². The quantitative estimate of drug-likeness (QED) is 0.727. The number of anilines is 1. The highest BCUT2D eigenvalue weighted by molar-refractivity contribution is 7.89. The molecule has 0 aromatic heterocycles. The molecule has 0 aliphatic rings. The molecule has 2 rings (SSSR count). The fourth-order valence-electron chi connectivity index (χ4n) is 2.35. The predicted molar refractivity (Wildman–Crippen MR) is 104 cm³/mol. The summed E-state index contributed by atoms with van der Waals surface area (Å²) >= 11 is 6.11. The summed E-state index contributed by atoms with van der Waals surface area (Å²) in [6.07, 6.45) is 0. The highest BCUT2D eigenvalue weighted by atomic mass is 35.5. The van der Waals surface area contributed by atoms with Crippen LogP contribution in [0.15, 0.2) is 41.3 Å². The summed E-state index contributed by atoms with van der Waals surface area (Å²) in [6.45, 7) is 3.47. The molecule has 0 unspecified atom stereocenters. The van der Waals surface area contributed by atoms with Crippen molar-refractivity contribution in [1.82, 2.24) is 4.72 Å². The van der Waals surface area contributed by atoms with Crippen LogP contribution in [-0.4, -0.2) is 34.6 Å². The lowest BCUT2D eigenvalue weighted by Crippen LogP contribution is -2.30. The Bertz CT molecular complexity index is 928. The predicted octanol–water partition coefficient (Wildman–Crippen LogP) is 3.30. The van der Waals surface area contributed by atoms with Gasteiger partial charge in [-0.3, -0.25) is 4.79 Å². The Labute approximate surface area is 163 Å². The van der Waals surface area contributed by atoms with E-state index in [1.54, 1.807) is 13.8 Å². The lowest BCUT2D eigenvalue weighted by atomic mass is 10.1. The summed E-state index contributed by atoms with van der Waals surface area (Å²) in [5, 5.41) is 2.92. The third kappa shape index (κ3) is 5.12. The highest BCUT2D eigenvalue weighted by Crippen LogP contribution is 2.36. The molecule has 146 valence electrons. The Balaban J connectivity index is 2.20. The minimum atomic E-state index is -3.59. The third-order valence-electron chi connectivity index (χ3n) is 3.51. The van der Waals surface area contributed by atoms with Gasteiger partial charge < -0.3 is 14.8 Å². The van der Waals surface area contributed by atoms with Crippen LogP contribution in [0.3, 0.4) is 0 Å². The number of ether oxygens (including phenoxy) is 2. The minimum Gasteiger partial charge on any atom is -0.493 e. The fourth-order valence-corrected chi connectivity index (χ4v) is 3.89. The Kier molecular flexibility index (Phi) is 6.69. The van der Waals surface area contributed by atoms with Crippen molar-refractivity contribution in [2.75, 3.05) is 19.5 Å². The van der Waals surface area contributed by atoms with Gasteiger partial charge in [0, 0.05) is 17.3 Å². The molecule has 27 heavy (non-hydrogen) atoms. The van der Waals surface area contributed by atoms with Crippen molar-refractivity contribution in [1.29, 1.82) is 0 Å². The van der Waals surface area contributed by atoms with Gasteiger partial charge in [0.15, 0.2) is 11.5 Å². The highest BCUT2D eigenvalue weighted by Gasteiger charge is 2.17. The second-order valence-electron chi connectivity index (χ2n) is 5.95. The largest absolute Gasteiger partial charge is 0.493 e. The number of amides is 1. The second-order valence-corrected chi connectivity index (χ2v) is 8.07. The minimum absolute atomic E-state index is 0.114. The van der Waals surface area contributed by atoms with Crippen LogP contribution in [0.4, 0.5) is 5.69 Å².